The number of carbonyl (C=O) groups is 1. The molecule has 1 aliphatic rings. The van der Waals surface area contributed by atoms with Gasteiger partial charge in [0.15, 0.2) is 17.2 Å². The van der Waals surface area contributed by atoms with Gasteiger partial charge in [-0.2, -0.15) is 18.3 Å². The number of aromatic nitrogens is 2. The molecule has 1 aliphatic heterocycles. The lowest BCUT2D eigenvalue weighted by Crippen LogP contribution is -2.24. The van der Waals surface area contributed by atoms with Gasteiger partial charge in [0.05, 0.1) is 5.69 Å². The van der Waals surface area contributed by atoms with Crippen LogP contribution >= 0.6 is 0 Å². The Morgan fingerprint density at radius 2 is 1.83 bits per heavy atom. The number of hydrogen-bond acceptors (Lipinski definition) is 4. The number of benzene rings is 2. The maximum atomic E-state index is 12.7. The van der Waals surface area contributed by atoms with Crippen molar-refractivity contribution in [3.05, 3.63) is 71.5 Å². The molecule has 29 heavy (non-hydrogen) atoms. The molecule has 1 N–H and O–H groups in total. The number of alkyl halides is 3. The van der Waals surface area contributed by atoms with Crippen LogP contribution in [0, 0.1) is 0 Å². The molecule has 0 spiro atoms. The minimum Gasteiger partial charge on any atom is -0.486 e. The highest BCUT2D eigenvalue weighted by Gasteiger charge is 2.33. The predicted molar refractivity (Wildman–Crippen MR) is 97.2 cm³/mol. The van der Waals surface area contributed by atoms with Crippen LogP contribution in [-0.2, 0) is 12.7 Å². The highest BCUT2D eigenvalue weighted by molar-refractivity contribution is 5.94. The average molecular weight is 403 g/mol. The van der Waals surface area contributed by atoms with Gasteiger partial charge in [-0.05, 0) is 36.4 Å². The van der Waals surface area contributed by atoms with Crippen LogP contribution in [0.25, 0.3) is 5.69 Å². The first kappa shape index (κ1) is 18.9. The quantitative estimate of drug-likeness (QED) is 0.723. The highest BCUT2D eigenvalue weighted by atomic mass is 19.4. The Morgan fingerprint density at radius 3 is 2.55 bits per heavy atom. The molecule has 0 aliphatic carbocycles. The fourth-order valence-corrected chi connectivity index (χ4v) is 2.94. The molecule has 2 aromatic carbocycles. The largest absolute Gasteiger partial charge is 0.486 e. The first-order valence-electron chi connectivity index (χ1n) is 8.81. The van der Waals surface area contributed by atoms with Crippen molar-refractivity contribution in [1.29, 1.82) is 0 Å². The summed E-state index contributed by atoms with van der Waals surface area (Å²) in [6.07, 6.45) is -3.28. The van der Waals surface area contributed by atoms with Crippen molar-refractivity contribution >= 4 is 5.91 Å². The molecule has 0 unspecified atom stereocenters. The molecule has 0 fully saturated rings. The Bertz CT molecular complexity index is 1030. The minimum atomic E-state index is -4.50. The number of hydrogen-bond donors (Lipinski definition) is 1. The van der Waals surface area contributed by atoms with E-state index in [2.05, 4.69) is 10.4 Å². The number of fused-ring (bicyclic) bond motifs is 1. The third-order valence-corrected chi connectivity index (χ3v) is 4.36. The van der Waals surface area contributed by atoms with Crippen molar-refractivity contribution in [2.75, 3.05) is 13.2 Å². The van der Waals surface area contributed by atoms with E-state index in [1.807, 2.05) is 12.1 Å². The fourth-order valence-electron chi connectivity index (χ4n) is 2.94. The molecule has 3 aromatic rings. The molecular weight excluding hydrogens is 387 g/mol. The summed E-state index contributed by atoms with van der Waals surface area (Å²) in [6.45, 7) is 1.18. The van der Waals surface area contributed by atoms with Crippen LogP contribution in [0.4, 0.5) is 13.2 Å². The standard InChI is InChI=1S/C20H16F3N3O3/c21-20(22,23)17-8-9-26(25-17)15-6-4-13(5-7-15)19(27)24-12-14-2-1-3-16-18(14)29-11-10-28-16/h1-9H,10-12H2,(H,24,27). The summed E-state index contributed by atoms with van der Waals surface area (Å²) in [5, 5.41) is 6.31. The van der Waals surface area contributed by atoms with Crippen molar-refractivity contribution in [3.63, 3.8) is 0 Å². The Hall–Kier alpha value is -3.49. The van der Waals surface area contributed by atoms with Crippen LogP contribution < -0.4 is 14.8 Å². The number of nitrogens with zero attached hydrogens (tertiary/aromatic N) is 2. The Kier molecular flexibility index (Phi) is 4.87. The van der Waals surface area contributed by atoms with Gasteiger partial charge < -0.3 is 14.8 Å². The molecule has 4 rings (SSSR count). The molecule has 0 atom stereocenters. The van der Waals surface area contributed by atoms with Crippen molar-refractivity contribution < 1.29 is 27.4 Å². The van der Waals surface area contributed by atoms with Crippen LogP contribution in [0.15, 0.2) is 54.7 Å². The number of ether oxygens (including phenoxy) is 2. The van der Waals surface area contributed by atoms with Crippen molar-refractivity contribution in [2.45, 2.75) is 12.7 Å². The summed E-state index contributed by atoms with van der Waals surface area (Å²) in [6, 6.07) is 12.5. The monoisotopic (exact) mass is 403 g/mol. The van der Waals surface area contributed by atoms with Crippen LogP contribution in [0.2, 0.25) is 0 Å². The van der Waals surface area contributed by atoms with Gasteiger partial charge in [-0.25, -0.2) is 4.68 Å². The first-order chi connectivity index (χ1) is 13.9. The molecule has 0 bridgehead atoms. The Balaban J connectivity index is 1.43. The Labute approximate surface area is 163 Å². The third kappa shape index (κ3) is 4.03. The van der Waals surface area contributed by atoms with Crippen molar-refractivity contribution in [1.82, 2.24) is 15.1 Å². The van der Waals surface area contributed by atoms with E-state index in [1.54, 1.807) is 6.07 Å². The minimum absolute atomic E-state index is 0.251. The smallest absolute Gasteiger partial charge is 0.435 e. The summed E-state index contributed by atoms with van der Waals surface area (Å²) in [5.74, 6) is 0.945. The second-order valence-corrected chi connectivity index (χ2v) is 6.31. The van der Waals surface area contributed by atoms with E-state index < -0.39 is 11.9 Å². The summed E-state index contributed by atoms with van der Waals surface area (Å²) in [7, 11) is 0. The second kappa shape index (κ2) is 7.50. The lowest BCUT2D eigenvalue weighted by Gasteiger charge is -2.21. The molecular formula is C20H16F3N3O3. The van der Waals surface area contributed by atoms with Crippen LogP contribution in [0.5, 0.6) is 11.5 Å². The van der Waals surface area contributed by atoms with E-state index in [9.17, 15) is 18.0 Å². The molecule has 150 valence electrons. The molecule has 0 saturated heterocycles. The first-order valence-corrected chi connectivity index (χ1v) is 8.81. The molecule has 1 aromatic heterocycles. The molecule has 9 heteroatoms. The highest BCUT2D eigenvalue weighted by Crippen LogP contribution is 2.33. The zero-order chi connectivity index (χ0) is 20.4. The van der Waals surface area contributed by atoms with Crippen LogP contribution in [0.3, 0.4) is 0 Å². The Morgan fingerprint density at radius 1 is 1.07 bits per heavy atom. The van der Waals surface area contributed by atoms with E-state index in [0.29, 0.717) is 36.0 Å². The number of carbonyl (C=O) groups excluding carboxylic acids is 1. The molecule has 1 amide bonds. The van der Waals surface area contributed by atoms with Gasteiger partial charge in [-0.15, -0.1) is 0 Å². The molecule has 2 heterocycles. The average Bonchev–Trinajstić information content (AvgIpc) is 3.23. The maximum absolute atomic E-state index is 12.7. The fraction of sp³-hybridized carbons (Fsp3) is 0.200. The van der Waals surface area contributed by atoms with E-state index >= 15 is 0 Å². The zero-order valence-electron chi connectivity index (χ0n) is 15.1. The maximum Gasteiger partial charge on any atom is 0.435 e. The number of nitrogens with one attached hydrogen (secondary N) is 1. The summed E-state index contributed by atoms with van der Waals surface area (Å²) < 4.78 is 50.3. The van der Waals surface area contributed by atoms with Crippen molar-refractivity contribution in [3.8, 4) is 17.2 Å². The van der Waals surface area contributed by atoms with Gasteiger partial charge in [-0.1, -0.05) is 12.1 Å². The lowest BCUT2D eigenvalue weighted by molar-refractivity contribution is -0.141. The van der Waals surface area contributed by atoms with E-state index in [1.165, 1.54) is 30.5 Å². The molecule has 0 saturated carbocycles. The van der Waals surface area contributed by atoms with Gasteiger partial charge >= 0.3 is 6.18 Å². The van der Waals surface area contributed by atoms with E-state index in [-0.39, 0.29) is 12.5 Å². The van der Waals surface area contributed by atoms with Crippen LogP contribution in [0.1, 0.15) is 21.6 Å². The van der Waals surface area contributed by atoms with Crippen molar-refractivity contribution in [2.24, 2.45) is 0 Å². The molecule has 0 radical (unpaired) electrons. The number of para-hydroxylation sites is 1. The number of rotatable bonds is 4. The topological polar surface area (TPSA) is 65.4 Å². The van der Waals surface area contributed by atoms with E-state index in [4.69, 9.17) is 9.47 Å². The van der Waals surface area contributed by atoms with Gasteiger partial charge in [0, 0.05) is 23.9 Å². The van der Waals surface area contributed by atoms with Gasteiger partial charge in [-0.3, -0.25) is 4.79 Å². The third-order valence-electron chi connectivity index (χ3n) is 4.36. The van der Waals surface area contributed by atoms with Gasteiger partial charge in [0.2, 0.25) is 0 Å². The summed E-state index contributed by atoms with van der Waals surface area (Å²) >= 11 is 0. The lowest BCUT2D eigenvalue weighted by atomic mass is 10.1. The second-order valence-electron chi connectivity index (χ2n) is 6.31. The van der Waals surface area contributed by atoms with Crippen LogP contribution in [-0.4, -0.2) is 28.9 Å². The summed E-state index contributed by atoms with van der Waals surface area (Å²) in [5.41, 5.74) is 0.610. The van der Waals surface area contributed by atoms with Gasteiger partial charge in [0.25, 0.3) is 5.91 Å². The normalized spacial score (nSPS) is 13.2. The predicted octanol–water partition coefficient (Wildman–Crippen LogP) is 3.59. The number of amides is 1. The van der Waals surface area contributed by atoms with E-state index in [0.717, 1.165) is 16.3 Å². The number of halogens is 3. The summed E-state index contributed by atoms with van der Waals surface area (Å²) in [4.78, 5) is 12.4. The SMILES string of the molecule is O=C(NCc1cccc2c1OCCO2)c1ccc(-n2ccc(C(F)(F)F)n2)cc1. The van der Waals surface area contributed by atoms with Gasteiger partial charge in [0.1, 0.15) is 13.2 Å². The zero-order valence-corrected chi connectivity index (χ0v) is 15.1. The molecule has 6 nitrogen and oxygen atoms in total.